The number of carbonyl (C=O) groups is 1. The van der Waals surface area contributed by atoms with E-state index in [1.807, 2.05) is 19.1 Å². The van der Waals surface area contributed by atoms with Gasteiger partial charge in [-0.2, -0.15) is 0 Å². The lowest BCUT2D eigenvalue weighted by atomic mass is 10.2. The maximum atomic E-state index is 10.6. The van der Waals surface area contributed by atoms with Gasteiger partial charge < -0.3 is 14.5 Å². The zero-order chi connectivity index (χ0) is 9.68. The summed E-state index contributed by atoms with van der Waals surface area (Å²) in [5, 5.41) is 3.10. The van der Waals surface area contributed by atoms with Crippen molar-refractivity contribution in [2.45, 2.75) is 26.7 Å². The van der Waals surface area contributed by atoms with Crippen LogP contribution >= 0.6 is 0 Å². The molecule has 0 fully saturated rings. The topological polar surface area (TPSA) is 42.2 Å². The molecule has 0 aliphatic rings. The molecule has 0 unspecified atom stereocenters. The first-order valence-corrected chi connectivity index (χ1v) is 4.48. The molecule has 1 heterocycles. The Morgan fingerprint density at radius 1 is 1.54 bits per heavy atom. The van der Waals surface area contributed by atoms with Crippen LogP contribution in [0.5, 0.6) is 0 Å². The van der Waals surface area contributed by atoms with Crippen LogP contribution in [0.1, 0.15) is 25.5 Å². The third-order valence-electron chi connectivity index (χ3n) is 1.75. The largest absolute Gasteiger partial charge is 0.446 e. The van der Waals surface area contributed by atoms with Gasteiger partial charge in [-0.25, -0.2) is 0 Å². The minimum Gasteiger partial charge on any atom is -0.446 e. The van der Waals surface area contributed by atoms with Crippen LogP contribution in [0.4, 0.5) is 5.88 Å². The number of Topliss-reactive ketones (excluding diaryl/α,β-unsaturated/α-hetero) is 1. The summed E-state index contributed by atoms with van der Waals surface area (Å²) in [6.07, 6.45) is 1.49. The summed E-state index contributed by atoms with van der Waals surface area (Å²) in [5.41, 5.74) is 0. The van der Waals surface area contributed by atoms with Crippen LogP contribution in [0.2, 0.25) is 0 Å². The van der Waals surface area contributed by atoms with E-state index in [-0.39, 0.29) is 5.78 Å². The van der Waals surface area contributed by atoms with Gasteiger partial charge >= 0.3 is 0 Å². The molecule has 0 amide bonds. The van der Waals surface area contributed by atoms with Crippen molar-refractivity contribution < 1.29 is 9.21 Å². The average molecular weight is 181 g/mol. The normalized spacial score (nSPS) is 10.0. The van der Waals surface area contributed by atoms with E-state index in [4.69, 9.17) is 4.42 Å². The Labute approximate surface area is 78.1 Å². The number of nitrogens with one attached hydrogen (secondary N) is 1. The van der Waals surface area contributed by atoms with Crippen LogP contribution in [0.25, 0.3) is 0 Å². The second kappa shape index (κ2) is 4.70. The lowest BCUT2D eigenvalue weighted by Gasteiger charge is -2.00. The number of hydrogen-bond donors (Lipinski definition) is 1. The van der Waals surface area contributed by atoms with Crippen LogP contribution in [-0.2, 0) is 4.79 Å². The van der Waals surface area contributed by atoms with Crippen molar-refractivity contribution in [3.05, 3.63) is 17.9 Å². The maximum absolute atomic E-state index is 10.6. The highest BCUT2D eigenvalue weighted by atomic mass is 16.4. The van der Waals surface area contributed by atoms with Crippen molar-refractivity contribution in [2.24, 2.45) is 0 Å². The highest BCUT2D eigenvalue weighted by molar-refractivity contribution is 5.75. The molecule has 3 nitrogen and oxygen atoms in total. The predicted octanol–water partition coefficient (Wildman–Crippen LogP) is 2.37. The van der Waals surface area contributed by atoms with Gasteiger partial charge in [0, 0.05) is 19.0 Å². The number of aryl methyl sites for hydroxylation is 1. The van der Waals surface area contributed by atoms with Crippen LogP contribution in [0, 0.1) is 6.92 Å². The van der Waals surface area contributed by atoms with Gasteiger partial charge in [-0.05, 0) is 26.3 Å². The molecular formula is C10H15NO2. The summed E-state index contributed by atoms with van der Waals surface area (Å²) >= 11 is 0. The SMILES string of the molecule is CC(=O)CCCNc1ccc(C)o1. The fraction of sp³-hybridized carbons (Fsp3) is 0.500. The molecular weight excluding hydrogens is 166 g/mol. The molecule has 1 aromatic rings. The van der Waals surface area contributed by atoms with Gasteiger partial charge in [0.15, 0.2) is 5.88 Å². The average Bonchev–Trinajstić information content (AvgIpc) is 2.45. The number of rotatable bonds is 5. The van der Waals surface area contributed by atoms with Gasteiger partial charge in [0.1, 0.15) is 11.5 Å². The van der Waals surface area contributed by atoms with E-state index in [2.05, 4.69) is 5.32 Å². The lowest BCUT2D eigenvalue weighted by Crippen LogP contribution is -2.02. The van der Waals surface area contributed by atoms with Gasteiger partial charge in [0.25, 0.3) is 0 Å². The van der Waals surface area contributed by atoms with Crippen molar-refractivity contribution in [1.82, 2.24) is 0 Å². The zero-order valence-electron chi connectivity index (χ0n) is 8.09. The smallest absolute Gasteiger partial charge is 0.193 e. The van der Waals surface area contributed by atoms with Crippen molar-refractivity contribution in [2.75, 3.05) is 11.9 Å². The molecule has 0 saturated heterocycles. The number of anilines is 1. The van der Waals surface area contributed by atoms with Gasteiger partial charge in [-0.1, -0.05) is 0 Å². The summed E-state index contributed by atoms with van der Waals surface area (Å²) in [6, 6.07) is 3.80. The molecule has 0 aromatic carbocycles. The number of hydrogen-bond acceptors (Lipinski definition) is 3. The van der Waals surface area contributed by atoms with E-state index in [0.29, 0.717) is 6.42 Å². The fourth-order valence-corrected chi connectivity index (χ4v) is 1.08. The van der Waals surface area contributed by atoms with Crippen molar-refractivity contribution in [3.63, 3.8) is 0 Å². The first-order valence-electron chi connectivity index (χ1n) is 4.48. The van der Waals surface area contributed by atoms with Gasteiger partial charge in [0.2, 0.25) is 0 Å². The van der Waals surface area contributed by atoms with Crippen molar-refractivity contribution >= 4 is 11.7 Å². The van der Waals surface area contributed by atoms with Gasteiger partial charge in [-0.15, -0.1) is 0 Å². The molecule has 0 spiro atoms. The minimum atomic E-state index is 0.234. The Morgan fingerprint density at radius 3 is 2.85 bits per heavy atom. The predicted molar refractivity (Wildman–Crippen MR) is 51.8 cm³/mol. The van der Waals surface area contributed by atoms with E-state index in [1.54, 1.807) is 6.92 Å². The minimum absolute atomic E-state index is 0.234. The number of furan rings is 1. The highest BCUT2D eigenvalue weighted by Gasteiger charge is 1.97. The molecule has 1 aromatic heterocycles. The summed E-state index contributed by atoms with van der Waals surface area (Å²) in [6.45, 7) is 4.30. The molecule has 1 N–H and O–H groups in total. The van der Waals surface area contributed by atoms with Crippen LogP contribution in [0.3, 0.4) is 0 Å². The van der Waals surface area contributed by atoms with E-state index in [0.717, 1.165) is 24.6 Å². The quantitative estimate of drug-likeness (QED) is 0.709. The maximum Gasteiger partial charge on any atom is 0.193 e. The van der Waals surface area contributed by atoms with E-state index in [9.17, 15) is 4.79 Å². The van der Waals surface area contributed by atoms with Crippen molar-refractivity contribution in [3.8, 4) is 0 Å². The van der Waals surface area contributed by atoms with E-state index < -0.39 is 0 Å². The van der Waals surface area contributed by atoms with Gasteiger partial charge in [-0.3, -0.25) is 0 Å². The summed E-state index contributed by atoms with van der Waals surface area (Å²) in [5.74, 6) is 1.91. The second-order valence-electron chi connectivity index (χ2n) is 3.14. The molecule has 3 heteroatoms. The standard InChI is InChI=1S/C10H15NO2/c1-8(12)4-3-7-11-10-6-5-9(2)13-10/h5-6,11H,3-4,7H2,1-2H3. The Morgan fingerprint density at radius 2 is 2.31 bits per heavy atom. The number of ketones is 1. The van der Waals surface area contributed by atoms with Crippen LogP contribution in [-0.4, -0.2) is 12.3 Å². The molecule has 0 saturated carbocycles. The molecule has 0 bridgehead atoms. The van der Waals surface area contributed by atoms with Crippen molar-refractivity contribution in [1.29, 1.82) is 0 Å². The first-order chi connectivity index (χ1) is 6.18. The summed E-state index contributed by atoms with van der Waals surface area (Å²) < 4.78 is 5.29. The molecule has 0 radical (unpaired) electrons. The summed E-state index contributed by atoms with van der Waals surface area (Å²) in [7, 11) is 0. The van der Waals surface area contributed by atoms with E-state index in [1.165, 1.54) is 0 Å². The molecule has 0 aliphatic carbocycles. The molecule has 13 heavy (non-hydrogen) atoms. The monoisotopic (exact) mass is 181 g/mol. The molecule has 1 rings (SSSR count). The fourth-order valence-electron chi connectivity index (χ4n) is 1.08. The molecule has 0 atom stereocenters. The Hall–Kier alpha value is -1.25. The Bertz CT molecular complexity index is 278. The third kappa shape index (κ3) is 3.78. The first kappa shape index (κ1) is 9.84. The third-order valence-corrected chi connectivity index (χ3v) is 1.75. The molecule has 72 valence electrons. The Balaban J connectivity index is 2.16. The van der Waals surface area contributed by atoms with E-state index >= 15 is 0 Å². The lowest BCUT2D eigenvalue weighted by molar-refractivity contribution is -0.117. The van der Waals surface area contributed by atoms with Gasteiger partial charge in [0.05, 0.1) is 0 Å². The Kier molecular flexibility index (Phi) is 3.55. The molecule has 0 aliphatic heterocycles. The van der Waals surface area contributed by atoms with Crippen LogP contribution in [0.15, 0.2) is 16.5 Å². The second-order valence-corrected chi connectivity index (χ2v) is 3.14. The number of carbonyl (C=O) groups excluding carboxylic acids is 1. The van der Waals surface area contributed by atoms with Crippen LogP contribution < -0.4 is 5.32 Å². The highest BCUT2D eigenvalue weighted by Crippen LogP contribution is 2.11. The summed E-state index contributed by atoms with van der Waals surface area (Å²) in [4.78, 5) is 10.6. The zero-order valence-corrected chi connectivity index (χ0v) is 8.09.